The van der Waals surface area contributed by atoms with Crippen molar-refractivity contribution in [1.29, 1.82) is 0 Å². The van der Waals surface area contributed by atoms with Crippen LogP contribution in [0.15, 0.2) is 18.5 Å². The van der Waals surface area contributed by atoms with E-state index in [-0.39, 0.29) is 11.7 Å². The molecule has 2 atom stereocenters. The predicted molar refractivity (Wildman–Crippen MR) is 61.1 cm³/mol. The number of carbonyl (C=O) groups is 1. The Bertz CT molecular complexity index is 408. The van der Waals surface area contributed by atoms with Crippen molar-refractivity contribution in [3.8, 4) is 0 Å². The van der Waals surface area contributed by atoms with E-state index in [2.05, 4.69) is 4.98 Å². The van der Waals surface area contributed by atoms with Gasteiger partial charge in [0.1, 0.15) is 5.82 Å². The molecular weight excluding hydrogens is 221 g/mol. The van der Waals surface area contributed by atoms with Crippen LogP contribution in [-0.2, 0) is 4.79 Å². The summed E-state index contributed by atoms with van der Waals surface area (Å²) in [6.45, 7) is 0. The molecule has 2 rings (SSSR count). The SMILES string of the molecule is O=C(O)C1CCCCCC1c1ccncc1F. The van der Waals surface area contributed by atoms with Crippen molar-refractivity contribution < 1.29 is 14.3 Å². The lowest BCUT2D eigenvalue weighted by molar-refractivity contribution is -0.142. The van der Waals surface area contributed by atoms with Crippen molar-refractivity contribution in [3.05, 3.63) is 29.8 Å². The molecule has 2 unspecified atom stereocenters. The highest BCUT2D eigenvalue weighted by atomic mass is 19.1. The van der Waals surface area contributed by atoms with Crippen LogP contribution in [0.1, 0.15) is 43.6 Å². The number of rotatable bonds is 2. The van der Waals surface area contributed by atoms with Crippen LogP contribution in [0.3, 0.4) is 0 Å². The highest BCUT2D eigenvalue weighted by Gasteiger charge is 2.32. The lowest BCUT2D eigenvalue weighted by Crippen LogP contribution is -2.22. The first-order valence-electron chi connectivity index (χ1n) is 6.02. The van der Waals surface area contributed by atoms with Gasteiger partial charge in [-0.2, -0.15) is 0 Å². The number of nitrogens with zero attached hydrogens (tertiary/aromatic N) is 1. The molecule has 92 valence electrons. The fourth-order valence-corrected chi connectivity index (χ4v) is 2.66. The van der Waals surface area contributed by atoms with E-state index in [0.29, 0.717) is 12.0 Å². The minimum Gasteiger partial charge on any atom is -0.481 e. The summed E-state index contributed by atoms with van der Waals surface area (Å²) in [5.74, 6) is -1.87. The van der Waals surface area contributed by atoms with Gasteiger partial charge in [-0.05, 0) is 24.5 Å². The maximum Gasteiger partial charge on any atom is 0.307 e. The molecule has 0 bridgehead atoms. The van der Waals surface area contributed by atoms with E-state index in [0.717, 1.165) is 25.7 Å². The zero-order chi connectivity index (χ0) is 12.3. The second-order valence-corrected chi connectivity index (χ2v) is 4.59. The Morgan fingerprint density at radius 3 is 2.82 bits per heavy atom. The lowest BCUT2D eigenvalue weighted by atomic mass is 9.82. The molecular formula is C13H16FNO2. The van der Waals surface area contributed by atoms with E-state index < -0.39 is 11.9 Å². The largest absolute Gasteiger partial charge is 0.481 e. The zero-order valence-corrected chi connectivity index (χ0v) is 9.60. The fourth-order valence-electron chi connectivity index (χ4n) is 2.66. The molecule has 4 heteroatoms. The Morgan fingerprint density at radius 1 is 1.35 bits per heavy atom. The molecule has 1 aromatic heterocycles. The third kappa shape index (κ3) is 2.62. The van der Waals surface area contributed by atoms with E-state index in [4.69, 9.17) is 0 Å². The Labute approximate surface area is 99.7 Å². The van der Waals surface area contributed by atoms with Crippen molar-refractivity contribution in [3.63, 3.8) is 0 Å². The van der Waals surface area contributed by atoms with Crippen LogP contribution < -0.4 is 0 Å². The first-order valence-corrected chi connectivity index (χ1v) is 6.02. The molecule has 0 aliphatic heterocycles. The summed E-state index contributed by atoms with van der Waals surface area (Å²) in [6, 6.07) is 1.61. The van der Waals surface area contributed by atoms with Gasteiger partial charge in [-0.3, -0.25) is 9.78 Å². The van der Waals surface area contributed by atoms with Crippen LogP contribution in [0.25, 0.3) is 0 Å². The monoisotopic (exact) mass is 237 g/mol. The minimum atomic E-state index is -0.812. The first kappa shape index (κ1) is 12.0. The van der Waals surface area contributed by atoms with Gasteiger partial charge in [-0.15, -0.1) is 0 Å². The molecule has 0 radical (unpaired) electrons. The van der Waals surface area contributed by atoms with Crippen LogP contribution in [0.5, 0.6) is 0 Å². The number of halogens is 1. The summed E-state index contributed by atoms with van der Waals surface area (Å²) in [7, 11) is 0. The van der Waals surface area contributed by atoms with Crippen LogP contribution >= 0.6 is 0 Å². The first-order chi connectivity index (χ1) is 8.20. The molecule has 3 nitrogen and oxygen atoms in total. The second kappa shape index (κ2) is 5.25. The molecule has 0 amide bonds. The maximum absolute atomic E-state index is 13.7. The number of hydrogen-bond donors (Lipinski definition) is 1. The van der Waals surface area contributed by atoms with Crippen LogP contribution in [-0.4, -0.2) is 16.1 Å². The number of aromatic nitrogens is 1. The highest BCUT2D eigenvalue weighted by molar-refractivity contribution is 5.71. The summed E-state index contributed by atoms with van der Waals surface area (Å²) in [6.07, 6.45) is 7.00. The van der Waals surface area contributed by atoms with E-state index in [1.54, 1.807) is 6.07 Å². The Kier molecular flexibility index (Phi) is 3.71. The van der Waals surface area contributed by atoms with Crippen molar-refractivity contribution >= 4 is 5.97 Å². The highest BCUT2D eigenvalue weighted by Crippen LogP contribution is 2.37. The Morgan fingerprint density at radius 2 is 2.12 bits per heavy atom. The van der Waals surface area contributed by atoms with Gasteiger partial charge in [-0.25, -0.2) is 4.39 Å². The average Bonchev–Trinajstić information content (AvgIpc) is 2.55. The van der Waals surface area contributed by atoms with Gasteiger partial charge < -0.3 is 5.11 Å². The van der Waals surface area contributed by atoms with E-state index in [1.807, 2.05) is 0 Å². The van der Waals surface area contributed by atoms with E-state index >= 15 is 0 Å². The number of carboxylic acids is 1. The molecule has 1 aromatic rings. The third-order valence-electron chi connectivity index (χ3n) is 3.54. The number of aliphatic carboxylic acids is 1. The molecule has 1 heterocycles. The van der Waals surface area contributed by atoms with Crippen LogP contribution in [0.4, 0.5) is 4.39 Å². The summed E-state index contributed by atoms with van der Waals surface area (Å²) in [5, 5.41) is 9.25. The van der Waals surface area contributed by atoms with Gasteiger partial charge in [-0.1, -0.05) is 19.3 Å². The fraction of sp³-hybridized carbons (Fsp3) is 0.538. The van der Waals surface area contributed by atoms with Gasteiger partial charge >= 0.3 is 5.97 Å². The Hall–Kier alpha value is -1.45. The average molecular weight is 237 g/mol. The van der Waals surface area contributed by atoms with Crippen molar-refractivity contribution in [2.75, 3.05) is 0 Å². The lowest BCUT2D eigenvalue weighted by Gasteiger charge is -2.22. The van der Waals surface area contributed by atoms with Crippen LogP contribution in [0.2, 0.25) is 0 Å². The predicted octanol–water partition coefficient (Wildman–Crippen LogP) is 2.97. The molecule has 1 aliphatic carbocycles. The number of carboxylic acid groups (broad SMARTS) is 1. The zero-order valence-electron chi connectivity index (χ0n) is 9.60. The molecule has 0 spiro atoms. The smallest absolute Gasteiger partial charge is 0.307 e. The molecule has 1 fully saturated rings. The van der Waals surface area contributed by atoms with Crippen molar-refractivity contribution in [2.24, 2.45) is 5.92 Å². The summed E-state index contributed by atoms with van der Waals surface area (Å²) in [4.78, 5) is 15.0. The summed E-state index contributed by atoms with van der Waals surface area (Å²) >= 11 is 0. The van der Waals surface area contributed by atoms with Crippen molar-refractivity contribution in [2.45, 2.75) is 38.0 Å². The van der Waals surface area contributed by atoms with Gasteiger partial charge in [0, 0.05) is 12.1 Å². The van der Waals surface area contributed by atoms with Crippen LogP contribution in [0, 0.1) is 11.7 Å². The molecule has 0 saturated heterocycles. The minimum absolute atomic E-state index is 0.210. The quantitative estimate of drug-likeness (QED) is 0.804. The third-order valence-corrected chi connectivity index (χ3v) is 3.54. The van der Waals surface area contributed by atoms with Gasteiger partial charge in [0.15, 0.2) is 0 Å². The number of pyridine rings is 1. The normalized spacial score (nSPS) is 25.2. The summed E-state index contributed by atoms with van der Waals surface area (Å²) in [5.41, 5.74) is 0.509. The van der Waals surface area contributed by atoms with Gasteiger partial charge in [0.2, 0.25) is 0 Å². The standard InChI is InChI=1S/C13H16FNO2/c14-12-8-15-7-6-10(12)9-4-2-1-3-5-11(9)13(16)17/h6-9,11H,1-5H2,(H,16,17). The second-order valence-electron chi connectivity index (χ2n) is 4.59. The topological polar surface area (TPSA) is 50.2 Å². The molecule has 1 aliphatic rings. The molecule has 17 heavy (non-hydrogen) atoms. The maximum atomic E-state index is 13.7. The Balaban J connectivity index is 2.32. The van der Waals surface area contributed by atoms with Gasteiger partial charge in [0.25, 0.3) is 0 Å². The van der Waals surface area contributed by atoms with E-state index in [1.165, 1.54) is 12.4 Å². The molecule has 0 aromatic carbocycles. The van der Waals surface area contributed by atoms with E-state index in [9.17, 15) is 14.3 Å². The molecule has 1 N–H and O–H groups in total. The van der Waals surface area contributed by atoms with Crippen molar-refractivity contribution in [1.82, 2.24) is 4.98 Å². The number of hydrogen-bond acceptors (Lipinski definition) is 2. The summed E-state index contributed by atoms with van der Waals surface area (Å²) < 4.78 is 13.7. The van der Waals surface area contributed by atoms with Gasteiger partial charge in [0.05, 0.1) is 12.1 Å². The molecule has 1 saturated carbocycles.